The van der Waals surface area contributed by atoms with Gasteiger partial charge in [-0.15, -0.1) is 0 Å². The number of carbonyl (C=O) groups is 3. The molecule has 4 rings (SSSR count). The Morgan fingerprint density at radius 1 is 1.11 bits per heavy atom. The van der Waals surface area contributed by atoms with Gasteiger partial charge in [0.15, 0.2) is 5.17 Å². The van der Waals surface area contributed by atoms with Gasteiger partial charge in [0, 0.05) is 22.5 Å². The van der Waals surface area contributed by atoms with Crippen molar-refractivity contribution in [2.75, 3.05) is 4.90 Å². The molecule has 0 unspecified atom stereocenters. The van der Waals surface area contributed by atoms with E-state index in [1.54, 1.807) is 42.5 Å². The molecule has 2 heterocycles. The molecule has 0 aliphatic carbocycles. The van der Waals surface area contributed by atoms with Gasteiger partial charge in [0.05, 0.1) is 21.9 Å². The van der Waals surface area contributed by atoms with Crippen LogP contribution in [0.2, 0.25) is 10.0 Å². The third-order valence-corrected chi connectivity index (χ3v) is 5.49. The molecule has 0 radical (unpaired) electrons. The summed E-state index contributed by atoms with van der Waals surface area (Å²) < 4.78 is 0. The first-order valence-electron chi connectivity index (χ1n) is 8.08. The molecule has 2 aromatic carbocycles. The Morgan fingerprint density at radius 2 is 1.79 bits per heavy atom. The molecule has 3 amide bonds. The molecule has 0 bridgehead atoms. The molecular formula is C19H11Cl2N3O3S. The normalized spacial score (nSPS) is 20.0. The largest absolute Gasteiger partial charge is 0.300 e. The van der Waals surface area contributed by atoms with Crippen molar-refractivity contribution in [2.24, 2.45) is 4.99 Å². The number of nitrogens with zero attached hydrogens (tertiary/aromatic N) is 2. The lowest BCUT2D eigenvalue weighted by Gasteiger charge is -2.11. The second-order valence-corrected chi connectivity index (χ2v) is 7.85. The Hall–Kier alpha value is -2.61. The first-order valence-corrected chi connectivity index (χ1v) is 9.65. The molecule has 9 heteroatoms. The lowest BCUT2D eigenvalue weighted by Crippen LogP contribution is -2.31. The maximum atomic E-state index is 12.9. The van der Waals surface area contributed by atoms with E-state index in [0.717, 1.165) is 16.7 Å². The van der Waals surface area contributed by atoms with E-state index < -0.39 is 17.7 Å². The second kappa shape index (κ2) is 7.09. The molecule has 2 aromatic rings. The highest BCUT2D eigenvalue weighted by molar-refractivity contribution is 8.18. The lowest BCUT2D eigenvalue weighted by atomic mass is 10.1. The van der Waals surface area contributed by atoms with Gasteiger partial charge >= 0.3 is 0 Å². The standard InChI is InChI=1S/C19H11Cl2N3O3S/c1-9(25)24-14-5-3-2-4-13(14)15(18(24)27)16-17(26)23-19(28-16)22-12-7-10(20)6-11(21)8-12/h2-8H,1H3,(H,22,23,26)/b16-15-. The van der Waals surface area contributed by atoms with Gasteiger partial charge in [-0.05, 0) is 36.0 Å². The molecule has 6 nitrogen and oxygen atoms in total. The Balaban J connectivity index is 1.78. The van der Waals surface area contributed by atoms with Crippen LogP contribution in [0.15, 0.2) is 52.4 Å². The number of hydrogen-bond acceptors (Lipinski definition) is 5. The van der Waals surface area contributed by atoms with Crippen molar-refractivity contribution in [3.8, 4) is 0 Å². The lowest BCUT2D eigenvalue weighted by molar-refractivity contribution is -0.122. The number of para-hydroxylation sites is 1. The molecule has 0 saturated carbocycles. The van der Waals surface area contributed by atoms with Crippen LogP contribution in [0.5, 0.6) is 0 Å². The van der Waals surface area contributed by atoms with Gasteiger partial charge in [-0.3, -0.25) is 14.4 Å². The molecule has 2 aliphatic rings. The van der Waals surface area contributed by atoms with Crippen molar-refractivity contribution in [3.05, 3.63) is 63.0 Å². The van der Waals surface area contributed by atoms with Gasteiger partial charge in [-0.1, -0.05) is 41.4 Å². The van der Waals surface area contributed by atoms with Crippen LogP contribution < -0.4 is 10.2 Å². The van der Waals surface area contributed by atoms with Gasteiger partial charge in [0.25, 0.3) is 11.8 Å². The van der Waals surface area contributed by atoms with Crippen molar-refractivity contribution in [1.29, 1.82) is 0 Å². The van der Waals surface area contributed by atoms with E-state index in [4.69, 9.17) is 23.2 Å². The highest BCUT2D eigenvalue weighted by Gasteiger charge is 2.40. The first kappa shape index (κ1) is 18.7. The molecule has 1 N–H and O–H groups in total. The summed E-state index contributed by atoms with van der Waals surface area (Å²) in [5.74, 6) is -1.40. The summed E-state index contributed by atoms with van der Waals surface area (Å²) in [6, 6.07) is 11.6. The number of rotatable bonds is 1. The fourth-order valence-corrected chi connectivity index (χ4v) is 4.45. The smallest absolute Gasteiger partial charge is 0.267 e. The van der Waals surface area contributed by atoms with Crippen molar-refractivity contribution in [2.45, 2.75) is 6.92 Å². The summed E-state index contributed by atoms with van der Waals surface area (Å²) in [4.78, 5) is 43.0. The number of benzene rings is 2. The molecule has 2 aliphatic heterocycles. The SMILES string of the molecule is CC(=O)N1C(=O)/C(=C2\SC(=Nc3cc(Cl)cc(Cl)c3)NC2=O)c2ccccc21. The number of carbonyl (C=O) groups excluding carboxylic acids is 3. The highest BCUT2D eigenvalue weighted by atomic mass is 35.5. The predicted molar refractivity (Wildman–Crippen MR) is 111 cm³/mol. The third-order valence-electron chi connectivity index (χ3n) is 4.08. The topological polar surface area (TPSA) is 78.8 Å². The maximum Gasteiger partial charge on any atom is 0.267 e. The van der Waals surface area contributed by atoms with Crippen LogP contribution in [0.25, 0.3) is 5.57 Å². The van der Waals surface area contributed by atoms with Gasteiger partial charge in [0.1, 0.15) is 0 Å². The molecule has 28 heavy (non-hydrogen) atoms. The summed E-state index contributed by atoms with van der Waals surface area (Å²) >= 11 is 13.0. The minimum absolute atomic E-state index is 0.183. The number of fused-ring (bicyclic) bond motifs is 1. The monoisotopic (exact) mass is 431 g/mol. The molecule has 0 spiro atoms. The Morgan fingerprint density at radius 3 is 2.46 bits per heavy atom. The van der Waals surface area contributed by atoms with Gasteiger partial charge in [0.2, 0.25) is 5.91 Å². The second-order valence-electron chi connectivity index (χ2n) is 5.98. The van der Waals surface area contributed by atoms with Crippen LogP contribution in [0.1, 0.15) is 12.5 Å². The van der Waals surface area contributed by atoms with Crippen LogP contribution in [0, 0.1) is 0 Å². The zero-order valence-electron chi connectivity index (χ0n) is 14.3. The number of thioether (sulfide) groups is 1. The first-order chi connectivity index (χ1) is 13.3. The van der Waals surface area contributed by atoms with Crippen LogP contribution >= 0.6 is 35.0 Å². The Labute approximate surface area is 174 Å². The number of amides is 3. The zero-order valence-corrected chi connectivity index (χ0v) is 16.7. The number of amidine groups is 1. The van der Waals surface area contributed by atoms with Crippen LogP contribution in [0.3, 0.4) is 0 Å². The minimum atomic E-state index is -0.529. The molecular weight excluding hydrogens is 421 g/mol. The molecule has 140 valence electrons. The predicted octanol–water partition coefficient (Wildman–Crippen LogP) is 4.15. The third kappa shape index (κ3) is 3.22. The average Bonchev–Trinajstić information content (AvgIpc) is 3.09. The number of anilines is 1. The van der Waals surface area contributed by atoms with Gasteiger partial charge in [-0.25, -0.2) is 9.89 Å². The van der Waals surface area contributed by atoms with E-state index in [1.807, 2.05) is 0 Å². The summed E-state index contributed by atoms with van der Waals surface area (Å²) in [6.07, 6.45) is 0. The number of halogens is 2. The van der Waals surface area contributed by atoms with Crippen molar-refractivity contribution < 1.29 is 14.4 Å². The average molecular weight is 432 g/mol. The molecule has 0 atom stereocenters. The summed E-state index contributed by atoms with van der Waals surface area (Å²) in [7, 11) is 0. The number of hydrogen-bond donors (Lipinski definition) is 1. The minimum Gasteiger partial charge on any atom is -0.300 e. The van der Waals surface area contributed by atoms with E-state index in [1.165, 1.54) is 6.92 Å². The molecule has 1 saturated heterocycles. The fourth-order valence-electron chi connectivity index (χ4n) is 3.01. The maximum absolute atomic E-state index is 12.9. The van der Waals surface area contributed by atoms with E-state index >= 15 is 0 Å². The fraction of sp³-hybridized carbons (Fsp3) is 0.0526. The Kier molecular flexibility index (Phi) is 4.74. The molecule has 1 fully saturated rings. The van der Waals surface area contributed by atoms with Crippen LogP contribution in [-0.2, 0) is 14.4 Å². The van der Waals surface area contributed by atoms with Crippen molar-refractivity contribution in [3.63, 3.8) is 0 Å². The summed E-state index contributed by atoms with van der Waals surface area (Å²) in [6.45, 7) is 1.31. The number of nitrogens with one attached hydrogen (secondary N) is 1. The Bertz CT molecular complexity index is 1110. The van der Waals surface area contributed by atoms with Crippen molar-refractivity contribution in [1.82, 2.24) is 5.32 Å². The zero-order chi connectivity index (χ0) is 20.0. The van der Waals surface area contributed by atoms with E-state index in [2.05, 4.69) is 10.3 Å². The summed E-state index contributed by atoms with van der Waals surface area (Å²) in [5, 5.41) is 3.75. The van der Waals surface area contributed by atoms with E-state index in [9.17, 15) is 14.4 Å². The molecule has 0 aromatic heterocycles. The summed E-state index contributed by atoms with van der Waals surface area (Å²) in [5.41, 5.74) is 1.65. The van der Waals surface area contributed by atoms with Gasteiger partial charge < -0.3 is 5.32 Å². The van der Waals surface area contributed by atoms with E-state index in [0.29, 0.717) is 27.0 Å². The van der Waals surface area contributed by atoms with Crippen molar-refractivity contribution >= 4 is 74.8 Å². The highest BCUT2D eigenvalue weighted by Crippen LogP contribution is 2.43. The van der Waals surface area contributed by atoms with E-state index in [-0.39, 0.29) is 15.6 Å². The quantitative estimate of drug-likeness (QED) is 0.687. The van der Waals surface area contributed by atoms with Crippen LogP contribution in [0.4, 0.5) is 11.4 Å². The number of imide groups is 1. The van der Waals surface area contributed by atoms with Gasteiger partial charge in [-0.2, -0.15) is 0 Å². The van der Waals surface area contributed by atoms with Crippen LogP contribution in [-0.4, -0.2) is 22.9 Å². The number of aliphatic imine (C=N–C) groups is 1.